The van der Waals surface area contributed by atoms with Gasteiger partial charge in [0.1, 0.15) is 11.4 Å². The Morgan fingerprint density at radius 3 is 2.42 bits per heavy atom. The zero-order valence-corrected chi connectivity index (χ0v) is 7.80. The van der Waals surface area contributed by atoms with Gasteiger partial charge in [0.15, 0.2) is 0 Å². The Bertz CT molecular complexity index is 300. The highest BCUT2D eigenvalue weighted by molar-refractivity contribution is 8.00. The Morgan fingerprint density at radius 1 is 1.67 bits per heavy atom. The van der Waals surface area contributed by atoms with E-state index < -0.39 is 27.6 Å². The van der Waals surface area contributed by atoms with Crippen LogP contribution in [0.25, 0.3) is 0 Å². The van der Waals surface area contributed by atoms with Crippen LogP contribution < -0.4 is 5.73 Å². The highest BCUT2D eigenvalue weighted by Crippen LogP contribution is 2.28. The molecule has 1 heterocycles. The highest BCUT2D eigenvalue weighted by Gasteiger charge is 2.50. The number of thioether (sulfide) groups is 1. The molecule has 70 valence electrons. The molecule has 0 aromatic heterocycles. The van der Waals surface area contributed by atoms with Crippen molar-refractivity contribution in [3.8, 4) is 0 Å². The lowest BCUT2D eigenvalue weighted by molar-refractivity contribution is -0.137. The van der Waals surface area contributed by atoms with Crippen LogP contribution in [0.15, 0.2) is 0 Å². The largest absolute Gasteiger partial charge is 0.363 e. The second-order valence-corrected chi connectivity index (χ2v) is 4.51. The summed E-state index contributed by atoms with van der Waals surface area (Å²) >= 11 is 1.10. The fourth-order valence-electron chi connectivity index (χ4n) is 0.945. The first-order valence-electron chi connectivity index (χ1n) is 2.98. The molecule has 1 rings (SSSR count). The number of carbonyl (C=O) groups is 1. The number of rotatable bonds is 2. The fraction of sp³-hybridized carbons (Fsp3) is 0.750. The number of β-lactam (4-membered cyclic amide) rings is 1. The van der Waals surface area contributed by atoms with Crippen LogP contribution in [0.4, 0.5) is 0 Å². The highest BCUT2D eigenvalue weighted by atomic mass is 32.2. The van der Waals surface area contributed by atoms with Gasteiger partial charge in [0.05, 0.1) is 0 Å². The molecular formula is C4H8N2O4S2. The third-order valence-electron chi connectivity index (χ3n) is 1.53. The minimum Gasteiger partial charge on any atom is -0.317 e. The van der Waals surface area contributed by atoms with Crippen molar-refractivity contribution in [2.24, 2.45) is 5.73 Å². The summed E-state index contributed by atoms with van der Waals surface area (Å²) in [5.74, 6) is -0.767. The van der Waals surface area contributed by atoms with Crippen LogP contribution in [0.3, 0.4) is 0 Å². The third kappa shape index (κ3) is 1.30. The lowest BCUT2D eigenvalue weighted by Gasteiger charge is -2.40. The minimum atomic E-state index is -4.43. The quantitative estimate of drug-likeness (QED) is 0.433. The number of carbonyl (C=O) groups excluding carboxylic acids is 1. The summed E-state index contributed by atoms with van der Waals surface area (Å²) in [7, 11) is -4.43. The Kier molecular flexibility index (Phi) is 2.34. The van der Waals surface area contributed by atoms with Gasteiger partial charge in [0.25, 0.3) is 5.91 Å². The number of nitrogens with two attached hydrogens (primary N) is 1. The average molecular weight is 212 g/mol. The molecule has 0 unspecified atom stereocenters. The molecule has 12 heavy (non-hydrogen) atoms. The lowest BCUT2D eigenvalue weighted by atomic mass is 10.2. The molecule has 0 aromatic rings. The van der Waals surface area contributed by atoms with E-state index in [4.69, 9.17) is 10.3 Å². The van der Waals surface area contributed by atoms with Crippen LogP contribution >= 0.6 is 11.8 Å². The van der Waals surface area contributed by atoms with Gasteiger partial charge in [-0.1, -0.05) is 0 Å². The maximum absolute atomic E-state index is 10.8. The van der Waals surface area contributed by atoms with Gasteiger partial charge in [-0.3, -0.25) is 9.35 Å². The Morgan fingerprint density at radius 2 is 2.17 bits per heavy atom. The molecule has 0 aliphatic carbocycles. The van der Waals surface area contributed by atoms with E-state index in [1.165, 1.54) is 0 Å². The summed E-state index contributed by atoms with van der Waals surface area (Å²) in [5, 5.41) is -0.674. The van der Waals surface area contributed by atoms with E-state index in [0.29, 0.717) is 4.31 Å². The first kappa shape index (κ1) is 9.78. The summed E-state index contributed by atoms with van der Waals surface area (Å²) in [6.07, 6.45) is 1.61. The summed E-state index contributed by atoms with van der Waals surface area (Å²) in [5.41, 5.74) is 5.28. The van der Waals surface area contributed by atoms with E-state index in [0.717, 1.165) is 11.8 Å². The molecule has 0 aromatic carbocycles. The Labute approximate surface area is 74.0 Å². The van der Waals surface area contributed by atoms with Crippen molar-refractivity contribution in [1.29, 1.82) is 0 Å². The van der Waals surface area contributed by atoms with Crippen LogP contribution in [-0.4, -0.2) is 40.9 Å². The van der Waals surface area contributed by atoms with Gasteiger partial charge in [-0.05, 0) is 6.26 Å². The van der Waals surface area contributed by atoms with Gasteiger partial charge >= 0.3 is 10.3 Å². The third-order valence-corrected chi connectivity index (χ3v) is 3.56. The molecule has 1 amide bonds. The second-order valence-electron chi connectivity index (χ2n) is 2.26. The molecular weight excluding hydrogens is 204 g/mol. The zero-order valence-electron chi connectivity index (χ0n) is 6.17. The molecule has 2 atom stereocenters. The van der Waals surface area contributed by atoms with Crippen LogP contribution in [-0.2, 0) is 15.1 Å². The summed E-state index contributed by atoms with van der Waals surface area (Å²) < 4.78 is 30.0. The second kappa shape index (κ2) is 2.87. The van der Waals surface area contributed by atoms with Crippen molar-refractivity contribution < 1.29 is 17.8 Å². The lowest BCUT2D eigenvalue weighted by Crippen LogP contribution is -2.68. The van der Waals surface area contributed by atoms with Gasteiger partial charge in [0, 0.05) is 0 Å². The van der Waals surface area contributed by atoms with Crippen LogP contribution in [0.5, 0.6) is 0 Å². The van der Waals surface area contributed by atoms with E-state index in [1.54, 1.807) is 6.26 Å². The molecule has 1 fully saturated rings. The fourth-order valence-corrected chi connectivity index (χ4v) is 2.98. The first-order chi connectivity index (χ1) is 5.39. The zero-order chi connectivity index (χ0) is 9.52. The molecule has 1 aliphatic heterocycles. The van der Waals surface area contributed by atoms with E-state index >= 15 is 0 Å². The minimum absolute atomic E-state index is 0.377. The van der Waals surface area contributed by atoms with Crippen molar-refractivity contribution in [2.75, 3.05) is 6.26 Å². The van der Waals surface area contributed by atoms with Crippen molar-refractivity contribution in [3.63, 3.8) is 0 Å². The number of nitrogens with zero attached hydrogens (tertiary/aromatic N) is 1. The van der Waals surface area contributed by atoms with Gasteiger partial charge in [-0.25, -0.2) is 0 Å². The first-order valence-corrected chi connectivity index (χ1v) is 5.67. The summed E-state index contributed by atoms with van der Waals surface area (Å²) in [4.78, 5) is 10.8. The number of hydrogen-bond donors (Lipinski definition) is 2. The Balaban J connectivity index is 2.88. The molecule has 0 saturated carbocycles. The van der Waals surface area contributed by atoms with Gasteiger partial charge < -0.3 is 5.73 Å². The van der Waals surface area contributed by atoms with Crippen LogP contribution in [0.2, 0.25) is 0 Å². The summed E-state index contributed by atoms with van der Waals surface area (Å²) in [6, 6.07) is -0.832. The SMILES string of the molecule is CS[C@@H]1[C@H](N)C(=O)N1S(=O)(=O)O. The van der Waals surface area contributed by atoms with Gasteiger partial charge in [-0.15, -0.1) is 11.8 Å². The summed E-state index contributed by atoms with van der Waals surface area (Å²) in [6.45, 7) is 0. The van der Waals surface area contributed by atoms with Crippen molar-refractivity contribution in [2.45, 2.75) is 11.4 Å². The van der Waals surface area contributed by atoms with E-state index in [1.807, 2.05) is 0 Å². The smallest absolute Gasteiger partial charge is 0.317 e. The number of amides is 1. The topological polar surface area (TPSA) is 101 Å². The van der Waals surface area contributed by atoms with E-state index in [2.05, 4.69) is 0 Å². The van der Waals surface area contributed by atoms with Crippen molar-refractivity contribution in [3.05, 3.63) is 0 Å². The number of hydrogen-bond acceptors (Lipinski definition) is 5. The molecule has 0 spiro atoms. The molecule has 0 bridgehead atoms. The van der Waals surface area contributed by atoms with Crippen LogP contribution in [0.1, 0.15) is 0 Å². The molecule has 8 heteroatoms. The Hall–Kier alpha value is -0.310. The standard InChI is InChI=1S/C4H8N2O4S2/c1-11-4-2(5)3(7)6(4)12(8,9)10/h2,4H,5H2,1H3,(H,8,9,10)/t2-,4-/m1/s1. The van der Waals surface area contributed by atoms with Crippen molar-refractivity contribution in [1.82, 2.24) is 4.31 Å². The van der Waals surface area contributed by atoms with Gasteiger partial charge in [-0.2, -0.15) is 12.7 Å². The monoisotopic (exact) mass is 212 g/mol. The van der Waals surface area contributed by atoms with E-state index in [9.17, 15) is 13.2 Å². The van der Waals surface area contributed by atoms with Crippen LogP contribution in [0, 0.1) is 0 Å². The predicted molar refractivity (Wildman–Crippen MR) is 43.7 cm³/mol. The van der Waals surface area contributed by atoms with E-state index in [-0.39, 0.29) is 0 Å². The van der Waals surface area contributed by atoms with Gasteiger partial charge in [0.2, 0.25) is 0 Å². The molecule has 1 aliphatic rings. The predicted octanol–water partition coefficient (Wildman–Crippen LogP) is -1.35. The maximum Gasteiger partial charge on any atom is 0.363 e. The molecule has 3 N–H and O–H groups in total. The van der Waals surface area contributed by atoms with Crippen molar-refractivity contribution >= 4 is 28.0 Å². The molecule has 1 saturated heterocycles. The molecule has 6 nitrogen and oxygen atoms in total. The normalized spacial score (nSPS) is 30.2. The molecule has 0 radical (unpaired) electrons. The average Bonchev–Trinajstić information content (AvgIpc) is 1.95. The maximum atomic E-state index is 10.8.